The van der Waals surface area contributed by atoms with Crippen LogP contribution in [-0.2, 0) is 10.0 Å². The first-order chi connectivity index (χ1) is 9.31. The van der Waals surface area contributed by atoms with Crippen LogP contribution >= 0.6 is 47.8 Å². The maximum atomic E-state index is 12.3. The average Bonchev–Trinajstić information content (AvgIpc) is 2.34. The molecule has 5 nitrogen and oxygen atoms in total. The van der Waals surface area contributed by atoms with Gasteiger partial charge in [-0.2, -0.15) is 0 Å². The molecule has 0 aliphatic rings. The van der Waals surface area contributed by atoms with Gasteiger partial charge >= 0.3 is 0 Å². The van der Waals surface area contributed by atoms with Crippen LogP contribution in [0.25, 0.3) is 0 Å². The topological polar surface area (TPSA) is 85.1 Å². The van der Waals surface area contributed by atoms with Crippen molar-refractivity contribution in [2.24, 2.45) is 0 Å². The Hall–Kier alpha value is -0.640. The van der Waals surface area contributed by atoms with Gasteiger partial charge in [0.25, 0.3) is 10.0 Å². The summed E-state index contributed by atoms with van der Waals surface area (Å²) in [5, 5.41) is 0. The van der Waals surface area contributed by atoms with Crippen molar-refractivity contribution in [2.45, 2.75) is 4.90 Å². The molecule has 0 fully saturated rings. The van der Waals surface area contributed by atoms with Gasteiger partial charge in [-0.1, -0.05) is 15.9 Å². The zero-order chi connectivity index (χ0) is 14.9. The lowest BCUT2D eigenvalue weighted by atomic mass is 10.3. The maximum Gasteiger partial charge on any atom is 0.265 e. The molecule has 106 valence electrons. The molecule has 0 amide bonds. The summed E-state index contributed by atoms with van der Waals surface area (Å²) in [6, 6.07) is 4.89. The summed E-state index contributed by atoms with van der Waals surface area (Å²) in [7, 11) is -3.81. The summed E-state index contributed by atoms with van der Waals surface area (Å²) >= 11 is 9.93. The second-order valence-corrected chi connectivity index (χ2v) is 8.04. The van der Waals surface area contributed by atoms with Gasteiger partial charge in [-0.15, -0.1) is 0 Å². The molecule has 1 aromatic heterocycles. The third-order valence-corrected chi connectivity index (χ3v) is 5.45. The van der Waals surface area contributed by atoms with Gasteiger partial charge in [0.1, 0.15) is 4.90 Å². The minimum absolute atomic E-state index is 0.0679. The van der Waals surface area contributed by atoms with Crippen LogP contribution in [0.4, 0.5) is 11.4 Å². The molecule has 2 aromatic rings. The molecule has 1 heterocycles. The van der Waals surface area contributed by atoms with Crippen LogP contribution in [0.15, 0.2) is 48.9 Å². The molecule has 0 radical (unpaired) electrons. The third-order valence-electron chi connectivity index (χ3n) is 2.35. The zero-order valence-electron chi connectivity index (χ0n) is 9.77. The first kappa shape index (κ1) is 15.7. The fourth-order valence-corrected chi connectivity index (χ4v) is 5.34. The van der Waals surface area contributed by atoms with E-state index in [1.807, 2.05) is 0 Å². The highest BCUT2D eigenvalue weighted by Crippen LogP contribution is 2.36. The smallest absolute Gasteiger partial charge is 0.265 e. The number of nitrogens with two attached hydrogens (primary N) is 1. The van der Waals surface area contributed by atoms with Crippen molar-refractivity contribution in [3.8, 4) is 0 Å². The number of nitrogens with one attached hydrogen (secondary N) is 1. The van der Waals surface area contributed by atoms with Crippen molar-refractivity contribution in [3.63, 3.8) is 0 Å². The lowest BCUT2D eigenvalue weighted by Crippen LogP contribution is -2.15. The highest BCUT2D eigenvalue weighted by molar-refractivity contribution is 9.11. The van der Waals surface area contributed by atoms with Gasteiger partial charge in [0.15, 0.2) is 0 Å². The second kappa shape index (κ2) is 6.00. The SMILES string of the molecule is Nc1ccncc1S(=O)(=O)Nc1c(Br)cc(Br)cc1Br. The number of aromatic nitrogens is 1. The summed E-state index contributed by atoms with van der Waals surface area (Å²) in [4.78, 5) is 3.71. The molecule has 3 N–H and O–H groups in total. The van der Waals surface area contributed by atoms with Crippen molar-refractivity contribution in [3.05, 3.63) is 44.0 Å². The van der Waals surface area contributed by atoms with Crippen LogP contribution in [0, 0.1) is 0 Å². The van der Waals surface area contributed by atoms with Crippen LogP contribution in [0.2, 0.25) is 0 Å². The Bertz CT molecular complexity index is 742. The number of sulfonamides is 1. The lowest BCUT2D eigenvalue weighted by molar-refractivity contribution is 0.601. The molecular weight excluding hydrogens is 478 g/mol. The lowest BCUT2D eigenvalue weighted by Gasteiger charge is -2.13. The number of benzene rings is 1. The van der Waals surface area contributed by atoms with Crippen LogP contribution in [0.3, 0.4) is 0 Å². The fourth-order valence-electron chi connectivity index (χ4n) is 1.44. The molecular formula is C11H8Br3N3O2S. The van der Waals surface area contributed by atoms with Crippen LogP contribution in [0.5, 0.6) is 0 Å². The molecule has 0 unspecified atom stereocenters. The Morgan fingerprint density at radius 1 is 1.15 bits per heavy atom. The van der Waals surface area contributed by atoms with Gasteiger partial charge in [-0.05, 0) is 50.1 Å². The van der Waals surface area contributed by atoms with E-state index >= 15 is 0 Å². The number of nitrogen functional groups attached to an aromatic ring is 1. The quantitative estimate of drug-likeness (QED) is 0.693. The molecule has 1 aromatic carbocycles. The second-order valence-electron chi connectivity index (χ2n) is 3.76. The Labute approximate surface area is 141 Å². The molecule has 0 saturated heterocycles. The van der Waals surface area contributed by atoms with Crippen LogP contribution in [-0.4, -0.2) is 13.4 Å². The first-order valence-corrected chi connectivity index (χ1v) is 9.04. The van der Waals surface area contributed by atoms with E-state index in [2.05, 4.69) is 57.5 Å². The van der Waals surface area contributed by atoms with E-state index in [4.69, 9.17) is 5.73 Å². The molecule has 2 rings (SSSR count). The monoisotopic (exact) mass is 483 g/mol. The zero-order valence-corrected chi connectivity index (χ0v) is 15.3. The van der Waals surface area contributed by atoms with E-state index < -0.39 is 10.0 Å². The molecule has 0 atom stereocenters. The van der Waals surface area contributed by atoms with E-state index in [-0.39, 0.29) is 10.6 Å². The number of halogens is 3. The van der Waals surface area contributed by atoms with Gasteiger partial charge in [-0.3, -0.25) is 9.71 Å². The van der Waals surface area contributed by atoms with Crippen molar-refractivity contribution in [1.82, 2.24) is 4.98 Å². The molecule has 0 aliphatic heterocycles. The predicted molar refractivity (Wildman–Crippen MR) is 89.0 cm³/mol. The van der Waals surface area contributed by atoms with Crippen molar-refractivity contribution < 1.29 is 8.42 Å². The number of rotatable bonds is 3. The van der Waals surface area contributed by atoms with Crippen molar-refractivity contribution >= 4 is 69.2 Å². The van der Waals surface area contributed by atoms with Crippen LogP contribution < -0.4 is 10.5 Å². The van der Waals surface area contributed by atoms with Gasteiger partial charge in [-0.25, -0.2) is 8.42 Å². The predicted octanol–water partition coefficient (Wildman–Crippen LogP) is 3.75. The Balaban J connectivity index is 2.47. The van der Waals surface area contributed by atoms with Crippen LogP contribution in [0.1, 0.15) is 0 Å². The highest BCUT2D eigenvalue weighted by atomic mass is 79.9. The average molecular weight is 486 g/mol. The number of anilines is 2. The molecule has 9 heteroatoms. The summed E-state index contributed by atoms with van der Waals surface area (Å²) in [5.41, 5.74) is 6.19. The summed E-state index contributed by atoms with van der Waals surface area (Å²) in [6.07, 6.45) is 2.64. The van der Waals surface area contributed by atoms with Gasteiger partial charge in [0, 0.05) is 25.8 Å². The standard InChI is InChI=1S/C11H8Br3N3O2S/c12-6-3-7(13)11(8(14)4-6)17-20(18,19)10-5-16-2-1-9(10)15/h1-5,17H,(H2,15,16). The minimum Gasteiger partial charge on any atom is -0.398 e. The summed E-state index contributed by atoms with van der Waals surface area (Å²) < 4.78 is 29.1. The van der Waals surface area contributed by atoms with E-state index in [9.17, 15) is 8.42 Å². The highest BCUT2D eigenvalue weighted by Gasteiger charge is 2.20. The first-order valence-electron chi connectivity index (χ1n) is 5.18. The Morgan fingerprint density at radius 2 is 1.75 bits per heavy atom. The largest absolute Gasteiger partial charge is 0.398 e. The molecule has 0 bridgehead atoms. The normalized spacial score (nSPS) is 11.3. The minimum atomic E-state index is -3.81. The number of nitrogens with zero attached hydrogens (tertiary/aromatic N) is 1. The number of hydrogen-bond acceptors (Lipinski definition) is 4. The summed E-state index contributed by atoms with van der Waals surface area (Å²) in [6.45, 7) is 0. The molecule has 0 saturated carbocycles. The third kappa shape index (κ3) is 3.33. The van der Waals surface area contributed by atoms with E-state index in [1.165, 1.54) is 18.5 Å². The Morgan fingerprint density at radius 3 is 2.30 bits per heavy atom. The van der Waals surface area contributed by atoms with Crippen molar-refractivity contribution in [1.29, 1.82) is 0 Å². The maximum absolute atomic E-state index is 12.3. The van der Waals surface area contributed by atoms with Crippen molar-refractivity contribution in [2.75, 3.05) is 10.5 Å². The molecule has 20 heavy (non-hydrogen) atoms. The molecule has 0 spiro atoms. The Kier molecular flexibility index (Phi) is 4.73. The van der Waals surface area contributed by atoms with E-state index in [0.29, 0.717) is 14.6 Å². The summed E-state index contributed by atoms with van der Waals surface area (Å²) in [5.74, 6) is 0. The number of hydrogen-bond donors (Lipinski definition) is 2. The molecule has 0 aliphatic carbocycles. The van der Waals surface area contributed by atoms with E-state index in [1.54, 1.807) is 12.1 Å². The number of pyridine rings is 1. The fraction of sp³-hybridized carbons (Fsp3) is 0. The van der Waals surface area contributed by atoms with Gasteiger partial charge in [0.2, 0.25) is 0 Å². The van der Waals surface area contributed by atoms with E-state index in [0.717, 1.165) is 4.47 Å². The van der Waals surface area contributed by atoms with Gasteiger partial charge < -0.3 is 5.73 Å². The van der Waals surface area contributed by atoms with Gasteiger partial charge in [0.05, 0.1) is 11.4 Å².